The van der Waals surface area contributed by atoms with E-state index < -0.39 is 33.7 Å². The van der Waals surface area contributed by atoms with Crippen LogP contribution < -0.4 is 5.32 Å². The largest absolute Gasteiger partial charge is 0.460 e. The van der Waals surface area contributed by atoms with E-state index >= 15 is 0 Å². The molecule has 36 heavy (non-hydrogen) atoms. The fraction of sp³-hybridized carbons (Fsp3) is 0.280. The first kappa shape index (κ1) is 25.3. The van der Waals surface area contributed by atoms with Crippen LogP contribution in [-0.4, -0.2) is 45.0 Å². The van der Waals surface area contributed by atoms with Crippen LogP contribution >= 0.6 is 50.7 Å². The summed E-state index contributed by atoms with van der Waals surface area (Å²) in [5.74, 6) is -1.80. The van der Waals surface area contributed by atoms with E-state index in [0.29, 0.717) is 22.3 Å². The topological polar surface area (TPSA) is 92.8 Å². The summed E-state index contributed by atoms with van der Waals surface area (Å²) in [5, 5.41) is 2.30. The number of imide groups is 1. The summed E-state index contributed by atoms with van der Waals surface area (Å²) in [4.78, 5) is 52.4. The van der Waals surface area contributed by atoms with Crippen molar-refractivity contribution in [1.82, 2.24) is 10.2 Å². The maximum atomic E-state index is 13.6. The quantitative estimate of drug-likeness (QED) is 0.306. The zero-order valence-electron chi connectivity index (χ0n) is 18.5. The SMILES string of the molecule is O=C1CCC(N2Cc3cccc(C4=C[C@]4(C(=O)OCC(Cl)(Cl)Cl)c4ccc(Br)cc4)c3C2=O)C(=O)N1. The smallest absolute Gasteiger partial charge is 0.325 e. The predicted octanol–water partition coefficient (Wildman–Crippen LogP) is 4.46. The van der Waals surface area contributed by atoms with Crippen molar-refractivity contribution in [3.63, 3.8) is 0 Å². The Morgan fingerprint density at radius 1 is 1.14 bits per heavy atom. The van der Waals surface area contributed by atoms with Gasteiger partial charge in [0.1, 0.15) is 18.1 Å². The van der Waals surface area contributed by atoms with Crippen molar-refractivity contribution in [2.45, 2.75) is 34.6 Å². The highest BCUT2D eigenvalue weighted by Crippen LogP contribution is 2.55. The lowest BCUT2D eigenvalue weighted by Crippen LogP contribution is -2.52. The van der Waals surface area contributed by atoms with Gasteiger partial charge in [0.25, 0.3) is 5.91 Å². The number of piperidine rings is 1. The number of amides is 3. The fourth-order valence-corrected chi connectivity index (χ4v) is 5.24. The van der Waals surface area contributed by atoms with Crippen LogP contribution in [0.4, 0.5) is 0 Å². The van der Waals surface area contributed by atoms with Gasteiger partial charge in [0.2, 0.25) is 15.6 Å². The number of benzene rings is 2. The molecule has 0 aromatic heterocycles. The number of ether oxygens (including phenoxy) is 1. The van der Waals surface area contributed by atoms with E-state index in [0.717, 1.165) is 10.0 Å². The average Bonchev–Trinajstić information content (AvgIpc) is 3.49. The maximum absolute atomic E-state index is 13.6. The van der Waals surface area contributed by atoms with Crippen molar-refractivity contribution >= 4 is 80.0 Å². The molecule has 2 atom stereocenters. The number of rotatable bonds is 5. The number of nitrogens with zero attached hydrogens (tertiary/aromatic N) is 1. The van der Waals surface area contributed by atoms with E-state index in [1.54, 1.807) is 42.5 Å². The molecule has 0 radical (unpaired) electrons. The van der Waals surface area contributed by atoms with E-state index in [9.17, 15) is 19.2 Å². The number of carbonyl (C=O) groups excluding carboxylic acids is 4. The van der Waals surface area contributed by atoms with Crippen molar-refractivity contribution in [3.05, 3.63) is 75.3 Å². The van der Waals surface area contributed by atoms with Crippen LogP contribution in [0.15, 0.2) is 53.0 Å². The molecule has 3 amide bonds. The molecule has 1 unspecified atom stereocenters. The Balaban J connectivity index is 1.49. The molecule has 1 saturated heterocycles. The number of alkyl halides is 3. The first-order valence-electron chi connectivity index (χ1n) is 11.0. The Bertz CT molecular complexity index is 1340. The normalized spacial score (nSPS) is 23.2. The molecule has 0 saturated carbocycles. The second-order valence-corrected chi connectivity index (χ2v) is 12.2. The number of nitrogens with one attached hydrogen (secondary N) is 1. The van der Waals surface area contributed by atoms with Gasteiger partial charge >= 0.3 is 5.97 Å². The predicted molar refractivity (Wildman–Crippen MR) is 138 cm³/mol. The molecule has 7 nitrogen and oxygen atoms in total. The summed E-state index contributed by atoms with van der Waals surface area (Å²) < 4.78 is 4.43. The molecular formula is C25H18BrCl3N2O5. The third-order valence-electron chi connectivity index (χ3n) is 6.53. The van der Waals surface area contributed by atoms with Crippen molar-refractivity contribution < 1.29 is 23.9 Å². The Morgan fingerprint density at radius 3 is 2.53 bits per heavy atom. The number of fused-ring (bicyclic) bond motifs is 1. The van der Waals surface area contributed by atoms with Gasteiger partial charge in [-0.2, -0.15) is 0 Å². The van der Waals surface area contributed by atoms with E-state index in [4.69, 9.17) is 39.5 Å². The van der Waals surface area contributed by atoms with Gasteiger partial charge in [0.15, 0.2) is 0 Å². The fourth-order valence-electron chi connectivity index (χ4n) is 4.81. The second-order valence-electron chi connectivity index (χ2n) is 8.80. The van der Waals surface area contributed by atoms with Crippen molar-refractivity contribution in [2.75, 3.05) is 6.61 Å². The molecule has 2 aromatic carbocycles. The molecule has 3 aliphatic rings. The summed E-state index contributed by atoms with van der Waals surface area (Å²) in [7, 11) is 0. The minimum atomic E-state index is -1.78. The highest BCUT2D eigenvalue weighted by molar-refractivity contribution is 9.10. The molecule has 1 fully saturated rings. The van der Waals surface area contributed by atoms with Gasteiger partial charge in [-0.05, 0) is 40.8 Å². The van der Waals surface area contributed by atoms with Crippen molar-refractivity contribution in [2.24, 2.45) is 0 Å². The molecule has 5 rings (SSSR count). The Hall–Kier alpha value is -2.39. The molecule has 2 aromatic rings. The summed E-state index contributed by atoms with van der Waals surface area (Å²) >= 11 is 20.8. The van der Waals surface area contributed by atoms with Gasteiger partial charge in [0, 0.05) is 17.4 Å². The van der Waals surface area contributed by atoms with E-state index in [1.165, 1.54) is 4.90 Å². The zero-order valence-corrected chi connectivity index (χ0v) is 22.4. The van der Waals surface area contributed by atoms with Crippen LogP contribution in [-0.2, 0) is 31.1 Å². The lowest BCUT2D eigenvalue weighted by molar-refractivity contribution is -0.145. The van der Waals surface area contributed by atoms with Crippen LogP contribution in [0.25, 0.3) is 5.57 Å². The van der Waals surface area contributed by atoms with E-state index in [1.807, 2.05) is 6.07 Å². The highest BCUT2D eigenvalue weighted by Gasteiger charge is 2.56. The summed E-state index contributed by atoms with van der Waals surface area (Å²) in [6, 6.07) is 11.8. The van der Waals surface area contributed by atoms with Gasteiger partial charge in [-0.15, -0.1) is 0 Å². The van der Waals surface area contributed by atoms with Gasteiger partial charge in [-0.25, -0.2) is 0 Å². The zero-order chi connectivity index (χ0) is 25.8. The third kappa shape index (κ3) is 4.45. The van der Waals surface area contributed by atoms with Gasteiger partial charge in [-0.1, -0.05) is 87.1 Å². The second kappa shape index (κ2) is 9.17. The van der Waals surface area contributed by atoms with Crippen molar-refractivity contribution in [1.29, 1.82) is 0 Å². The summed E-state index contributed by atoms with van der Waals surface area (Å²) in [6.45, 7) is -0.213. The minimum absolute atomic E-state index is 0.163. The van der Waals surface area contributed by atoms with Gasteiger partial charge in [0.05, 0.1) is 5.56 Å². The van der Waals surface area contributed by atoms with Crippen LogP contribution in [0.5, 0.6) is 0 Å². The Kier molecular flexibility index (Phi) is 6.44. The lowest BCUT2D eigenvalue weighted by atomic mass is 9.86. The van der Waals surface area contributed by atoms with Crippen LogP contribution in [0, 0.1) is 0 Å². The molecule has 11 heteroatoms. The molecule has 1 aliphatic carbocycles. The molecule has 2 heterocycles. The molecule has 1 N–H and O–H groups in total. The van der Waals surface area contributed by atoms with Crippen LogP contribution in [0.2, 0.25) is 0 Å². The number of carbonyl (C=O) groups is 4. The molecule has 0 spiro atoms. The maximum Gasteiger partial charge on any atom is 0.325 e. The number of hydrogen-bond donors (Lipinski definition) is 1. The standard InChI is InChI=1S/C25H18BrCl3N2O5/c26-15-6-4-14(5-7-15)24(23(35)36-12-25(27,28)29)10-17(24)16-3-1-2-13-11-31(22(34)20(13)16)18-8-9-19(32)30-21(18)33/h1-7,10,18H,8-9,11-12H2,(H,30,32,33)/t18?,24-/m0/s1. The highest BCUT2D eigenvalue weighted by atomic mass is 79.9. The van der Waals surface area contributed by atoms with Gasteiger partial charge in [-0.3, -0.25) is 24.5 Å². The molecule has 186 valence electrons. The first-order valence-corrected chi connectivity index (χ1v) is 12.9. The van der Waals surface area contributed by atoms with Gasteiger partial charge < -0.3 is 9.64 Å². The number of halogens is 4. The number of esters is 1. The molecular weight excluding hydrogens is 595 g/mol. The summed E-state index contributed by atoms with van der Waals surface area (Å²) in [5.41, 5.74) is 1.69. The third-order valence-corrected chi connectivity index (χ3v) is 7.39. The van der Waals surface area contributed by atoms with E-state index in [-0.39, 0.29) is 31.2 Å². The lowest BCUT2D eigenvalue weighted by Gasteiger charge is -2.29. The van der Waals surface area contributed by atoms with Crippen LogP contribution in [0.1, 0.15) is 39.9 Å². The average molecular weight is 613 g/mol. The van der Waals surface area contributed by atoms with Crippen LogP contribution in [0.3, 0.4) is 0 Å². The summed E-state index contributed by atoms with van der Waals surface area (Å²) in [6.07, 6.45) is 2.15. The number of hydrogen-bond acceptors (Lipinski definition) is 5. The van der Waals surface area contributed by atoms with E-state index in [2.05, 4.69) is 21.2 Å². The minimum Gasteiger partial charge on any atom is -0.460 e. The molecule has 0 bridgehead atoms. The monoisotopic (exact) mass is 610 g/mol. The Morgan fingerprint density at radius 2 is 1.86 bits per heavy atom. The molecule has 2 aliphatic heterocycles. The van der Waals surface area contributed by atoms with Crippen molar-refractivity contribution in [3.8, 4) is 0 Å². The first-order chi connectivity index (χ1) is 17.0. The Labute approximate surface area is 229 Å².